The molecular weight excluding hydrogens is 259 g/mol. The van der Waals surface area contributed by atoms with Gasteiger partial charge in [0.2, 0.25) is 0 Å². The molecule has 1 saturated heterocycles. The first-order chi connectivity index (χ1) is 9.78. The lowest BCUT2D eigenvalue weighted by molar-refractivity contribution is -0.0272. The van der Waals surface area contributed by atoms with E-state index in [1.165, 1.54) is 12.1 Å². The van der Waals surface area contributed by atoms with Crippen LogP contribution in [-0.4, -0.2) is 57.4 Å². The molecule has 1 N–H and O–H groups in total. The van der Waals surface area contributed by atoms with Crippen molar-refractivity contribution in [3.05, 3.63) is 30.1 Å². The summed E-state index contributed by atoms with van der Waals surface area (Å²) in [6, 6.07) is 6.15. The van der Waals surface area contributed by atoms with Gasteiger partial charge in [0.1, 0.15) is 11.6 Å². The van der Waals surface area contributed by atoms with Crippen molar-refractivity contribution in [2.24, 2.45) is 0 Å². The van der Waals surface area contributed by atoms with E-state index in [4.69, 9.17) is 9.47 Å². The predicted octanol–water partition coefficient (Wildman–Crippen LogP) is 1.51. The highest BCUT2D eigenvalue weighted by molar-refractivity contribution is 5.21. The van der Waals surface area contributed by atoms with E-state index in [-0.39, 0.29) is 11.9 Å². The predicted molar refractivity (Wildman–Crippen MR) is 76.6 cm³/mol. The minimum atomic E-state index is -0.235. The maximum absolute atomic E-state index is 12.7. The summed E-state index contributed by atoms with van der Waals surface area (Å²) in [7, 11) is 1.94. The average Bonchev–Trinajstić information content (AvgIpc) is 2.46. The van der Waals surface area contributed by atoms with Gasteiger partial charge < -0.3 is 14.8 Å². The Hall–Kier alpha value is -1.17. The fourth-order valence-corrected chi connectivity index (χ4v) is 2.34. The lowest BCUT2D eigenvalue weighted by atomic mass is 10.2. The fraction of sp³-hybridized carbons (Fsp3) is 0.600. The molecule has 1 aliphatic rings. The summed E-state index contributed by atoms with van der Waals surface area (Å²) in [5.74, 6) is 0.489. The second-order valence-corrected chi connectivity index (χ2v) is 5.01. The van der Waals surface area contributed by atoms with Gasteiger partial charge in [0.25, 0.3) is 0 Å². The van der Waals surface area contributed by atoms with Gasteiger partial charge in [-0.3, -0.25) is 4.90 Å². The van der Waals surface area contributed by atoms with Gasteiger partial charge in [0, 0.05) is 26.2 Å². The molecule has 0 aromatic heterocycles. The Kier molecular flexibility index (Phi) is 6.24. The van der Waals surface area contributed by atoms with Crippen LogP contribution in [0.25, 0.3) is 0 Å². The van der Waals surface area contributed by atoms with Crippen LogP contribution in [0.2, 0.25) is 0 Å². The van der Waals surface area contributed by atoms with Crippen molar-refractivity contribution < 1.29 is 13.9 Å². The molecule has 0 radical (unpaired) electrons. The molecule has 5 heteroatoms. The SMILES string of the molecule is CNCC1CN(CCCOc2ccc(F)cc2)CCO1. The number of benzene rings is 1. The molecule has 4 nitrogen and oxygen atoms in total. The molecule has 1 heterocycles. The number of hydrogen-bond acceptors (Lipinski definition) is 4. The Bertz CT molecular complexity index is 384. The van der Waals surface area contributed by atoms with Gasteiger partial charge in [-0.05, 0) is 37.7 Å². The van der Waals surface area contributed by atoms with Crippen LogP contribution in [-0.2, 0) is 4.74 Å². The maximum Gasteiger partial charge on any atom is 0.123 e. The Morgan fingerprint density at radius 3 is 2.95 bits per heavy atom. The van der Waals surface area contributed by atoms with E-state index in [0.717, 1.165) is 45.0 Å². The third-order valence-electron chi connectivity index (χ3n) is 3.36. The van der Waals surface area contributed by atoms with Gasteiger partial charge in [-0.2, -0.15) is 0 Å². The van der Waals surface area contributed by atoms with E-state index in [9.17, 15) is 4.39 Å². The summed E-state index contributed by atoms with van der Waals surface area (Å²) in [5, 5.41) is 3.14. The Morgan fingerprint density at radius 1 is 1.40 bits per heavy atom. The fourth-order valence-electron chi connectivity index (χ4n) is 2.34. The number of nitrogens with zero attached hydrogens (tertiary/aromatic N) is 1. The summed E-state index contributed by atoms with van der Waals surface area (Å²) in [5.41, 5.74) is 0. The second-order valence-electron chi connectivity index (χ2n) is 5.01. The molecule has 1 aliphatic heterocycles. The van der Waals surface area contributed by atoms with E-state index >= 15 is 0 Å². The molecule has 20 heavy (non-hydrogen) atoms. The number of likely N-dealkylation sites (N-methyl/N-ethyl adjacent to an activating group) is 1. The third-order valence-corrected chi connectivity index (χ3v) is 3.36. The van der Waals surface area contributed by atoms with Crippen LogP contribution < -0.4 is 10.1 Å². The van der Waals surface area contributed by atoms with Gasteiger partial charge in [0.05, 0.1) is 19.3 Å². The second kappa shape index (κ2) is 8.19. The van der Waals surface area contributed by atoms with Crippen LogP contribution in [0.1, 0.15) is 6.42 Å². The van der Waals surface area contributed by atoms with Crippen molar-refractivity contribution in [3.63, 3.8) is 0 Å². The Labute approximate surface area is 119 Å². The average molecular weight is 282 g/mol. The first-order valence-electron chi connectivity index (χ1n) is 7.15. The van der Waals surface area contributed by atoms with E-state index in [1.807, 2.05) is 7.05 Å². The normalized spacial score (nSPS) is 20.0. The molecule has 1 unspecified atom stereocenters. The van der Waals surface area contributed by atoms with Crippen LogP contribution in [0.3, 0.4) is 0 Å². The van der Waals surface area contributed by atoms with Gasteiger partial charge in [0.15, 0.2) is 0 Å². The summed E-state index contributed by atoms with van der Waals surface area (Å²) in [4.78, 5) is 2.40. The topological polar surface area (TPSA) is 33.7 Å². The van der Waals surface area contributed by atoms with Crippen LogP contribution in [0.5, 0.6) is 5.75 Å². The van der Waals surface area contributed by atoms with E-state index in [0.29, 0.717) is 6.61 Å². The van der Waals surface area contributed by atoms with Crippen molar-refractivity contribution in [3.8, 4) is 5.75 Å². The molecule has 1 atom stereocenters. The van der Waals surface area contributed by atoms with E-state index in [2.05, 4.69) is 10.2 Å². The molecule has 1 aromatic carbocycles. The number of ether oxygens (including phenoxy) is 2. The van der Waals surface area contributed by atoms with Crippen molar-refractivity contribution in [2.45, 2.75) is 12.5 Å². The summed E-state index contributed by atoms with van der Waals surface area (Å²) in [6.07, 6.45) is 1.25. The highest BCUT2D eigenvalue weighted by atomic mass is 19.1. The molecule has 1 aromatic rings. The molecule has 112 valence electrons. The Balaban J connectivity index is 1.62. The molecule has 0 saturated carbocycles. The molecule has 1 fully saturated rings. The summed E-state index contributed by atoms with van der Waals surface area (Å²) in [6.45, 7) is 5.30. The van der Waals surface area contributed by atoms with Crippen LogP contribution >= 0.6 is 0 Å². The number of halogens is 1. The van der Waals surface area contributed by atoms with Crippen LogP contribution in [0, 0.1) is 5.82 Å². The minimum Gasteiger partial charge on any atom is -0.494 e. The largest absolute Gasteiger partial charge is 0.494 e. The molecule has 0 bridgehead atoms. The van der Waals surface area contributed by atoms with Crippen LogP contribution in [0.15, 0.2) is 24.3 Å². The molecule has 0 amide bonds. The smallest absolute Gasteiger partial charge is 0.123 e. The zero-order valence-corrected chi connectivity index (χ0v) is 12.0. The van der Waals surface area contributed by atoms with Gasteiger partial charge >= 0.3 is 0 Å². The highest BCUT2D eigenvalue weighted by Crippen LogP contribution is 2.11. The Morgan fingerprint density at radius 2 is 2.20 bits per heavy atom. The summed E-state index contributed by atoms with van der Waals surface area (Å²) < 4.78 is 24.0. The monoisotopic (exact) mass is 282 g/mol. The number of hydrogen-bond donors (Lipinski definition) is 1. The van der Waals surface area contributed by atoms with Gasteiger partial charge in [-0.1, -0.05) is 0 Å². The standard InChI is InChI=1S/C15H23FN2O2/c1-17-11-15-12-18(8-10-20-15)7-2-9-19-14-5-3-13(16)4-6-14/h3-6,15,17H,2,7-12H2,1H3. The van der Waals surface area contributed by atoms with Crippen LogP contribution in [0.4, 0.5) is 4.39 Å². The van der Waals surface area contributed by atoms with Gasteiger partial charge in [-0.15, -0.1) is 0 Å². The lowest BCUT2D eigenvalue weighted by Gasteiger charge is -2.32. The van der Waals surface area contributed by atoms with E-state index in [1.54, 1.807) is 12.1 Å². The maximum atomic E-state index is 12.7. The van der Waals surface area contributed by atoms with Crippen molar-refractivity contribution in [2.75, 3.05) is 46.4 Å². The molecule has 2 rings (SSSR count). The zero-order chi connectivity index (χ0) is 14.2. The number of morpholine rings is 1. The quantitative estimate of drug-likeness (QED) is 0.769. The molecular formula is C15H23FN2O2. The third kappa shape index (κ3) is 5.07. The molecule has 0 spiro atoms. The van der Waals surface area contributed by atoms with Crippen molar-refractivity contribution in [1.82, 2.24) is 10.2 Å². The lowest BCUT2D eigenvalue weighted by Crippen LogP contribution is -2.46. The number of nitrogens with one attached hydrogen (secondary N) is 1. The summed E-state index contributed by atoms with van der Waals surface area (Å²) >= 11 is 0. The van der Waals surface area contributed by atoms with E-state index < -0.39 is 0 Å². The number of rotatable bonds is 7. The first kappa shape index (κ1) is 15.2. The zero-order valence-electron chi connectivity index (χ0n) is 12.0. The van der Waals surface area contributed by atoms with Crippen molar-refractivity contribution in [1.29, 1.82) is 0 Å². The molecule has 0 aliphatic carbocycles. The minimum absolute atomic E-state index is 0.235. The van der Waals surface area contributed by atoms with Gasteiger partial charge in [-0.25, -0.2) is 4.39 Å². The first-order valence-corrected chi connectivity index (χ1v) is 7.15. The van der Waals surface area contributed by atoms with Crippen molar-refractivity contribution >= 4 is 0 Å². The highest BCUT2D eigenvalue weighted by Gasteiger charge is 2.19.